The second-order valence-corrected chi connectivity index (χ2v) is 6.55. The first kappa shape index (κ1) is 19.9. The fourth-order valence-corrected chi connectivity index (χ4v) is 3.10. The number of benzene rings is 2. The fourth-order valence-electron chi connectivity index (χ4n) is 3.10. The van der Waals surface area contributed by atoms with Gasteiger partial charge in [0.1, 0.15) is 5.82 Å². The molecule has 5 nitrogen and oxygen atoms in total. The van der Waals surface area contributed by atoms with Gasteiger partial charge in [0.25, 0.3) is 0 Å². The molecule has 0 aliphatic carbocycles. The molecule has 144 valence electrons. The fraction of sp³-hybridized carbons (Fsp3) is 0.208. The average Bonchev–Trinajstić information content (AvgIpc) is 3.12. The van der Waals surface area contributed by atoms with Crippen LogP contribution in [0, 0.1) is 24.7 Å². The van der Waals surface area contributed by atoms with Crippen LogP contribution >= 0.6 is 0 Å². The number of terminal acetylenes is 2. The number of hydrogen-bond acceptors (Lipinski definition) is 3. The van der Waals surface area contributed by atoms with Crippen LogP contribution in [0.3, 0.4) is 0 Å². The van der Waals surface area contributed by atoms with E-state index in [2.05, 4.69) is 21.9 Å². The van der Waals surface area contributed by atoms with Crippen LogP contribution in [-0.4, -0.2) is 25.8 Å². The lowest BCUT2D eigenvalue weighted by atomic mass is 9.98. The zero-order valence-corrected chi connectivity index (χ0v) is 16.0. The third-order valence-electron chi connectivity index (χ3n) is 4.54. The van der Waals surface area contributed by atoms with Crippen molar-refractivity contribution in [3.05, 3.63) is 71.3 Å². The summed E-state index contributed by atoms with van der Waals surface area (Å²) in [6.07, 6.45) is 13.1. The van der Waals surface area contributed by atoms with E-state index in [1.54, 1.807) is 12.1 Å². The quantitative estimate of drug-likeness (QED) is 0.601. The molecule has 0 spiro atoms. The summed E-state index contributed by atoms with van der Waals surface area (Å²) in [5, 5.41) is 13.9. The number of carbonyl (C=O) groups is 1. The van der Waals surface area contributed by atoms with Gasteiger partial charge >= 0.3 is 5.97 Å². The molecular formula is C24H21N3O2. The lowest BCUT2D eigenvalue weighted by Crippen LogP contribution is -2.06. The normalized spacial score (nSPS) is 10.3. The first-order valence-corrected chi connectivity index (χ1v) is 9.33. The second kappa shape index (κ2) is 9.39. The van der Waals surface area contributed by atoms with Crippen LogP contribution in [0.2, 0.25) is 0 Å². The minimum Gasteiger partial charge on any atom is -0.478 e. The monoisotopic (exact) mass is 383 g/mol. The largest absolute Gasteiger partial charge is 0.478 e. The van der Waals surface area contributed by atoms with Gasteiger partial charge < -0.3 is 5.11 Å². The van der Waals surface area contributed by atoms with Gasteiger partial charge in [0.15, 0.2) is 5.82 Å². The van der Waals surface area contributed by atoms with Crippen LogP contribution in [-0.2, 0) is 19.4 Å². The van der Waals surface area contributed by atoms with Crippen molar-refractivity contribution in [2.75, 3.05) is 0 Å². The number of aryl methyl sites for hydroxylation is 2. The molecule has 5 heteroatoms. The predicted octanol–water partition coefficient (Wildman–Crippen LogP) is 3.82. The van der Waals surface area contributed by atoms with Crippen molar-refractivity contribution in [1.29, 1.82) is 0 Å². The predicted molar refractivity (Wildman–Crippen MR) is 112 cm³/mol. The van der Waals surface area contributed by atoms with Crippen LogP contribution in [0.25, 0.3) is 11.1 Å². The molecule has 0 aliphatic heterocycles. The highest BCUT2D eigenvalue weighted by atomic mass is 16.4. The molecule has 0 fully saturated rings. The van der Waals surface area contributed by atoms with Crippen molar-refractivity contribution < 1.29 is 9.90 Å². The Morgan fingerprint density at radius 1 is 1.03 bits per heavy atom. The van der Waals surface area contributed by atoms with Crippen molar-refractivity contribution in [1.82, 2.24) is 14.8 Å². The molecule has 0 aliphatic rings. The summed E-state index contributed by atoms with van der Waals surface area (Å²) in [6, 6.07) is 14.8. The van der Waals surface area contributed by atoms with E-state index < -0.39 is 5.97 Å². The van der Waals surface area contributed by atoms with Crippen LogP contribution < -0.4 is 0 Å². The molecule has 2 aromatic carbocycles. The molecule has 3 rings (SSSR count). The Labute approximate surface area is 170 Å². The second-order valence-electron chi connectivity index (χ2n) is 6.55. The SMILES string of the molecule is C#CCCc1nc(Cc2ccc(-c3ccccc3C(=O)O)cc2)n(CCC#C)n1. The van der Waals surface area contributed by atoms with Crippen molar-refractivity contribution in [2.45, 2.75) is 32.2 Å². The summed E-state index contributed by atoms with van der Waals surface area (Å²) in [5.41, 5.74) is 2.89. The number of rotatable bonds is 8. The molecule has 0 bridgehead atoms. The summed E-state index contributed by atoms with van der Waals surface area (Å²) >= 11 is 0. The third kappa shape index (κ3) is 4.91. The van der Waals surface area contributed by atoms with E-state index in [-0.39, 0.29) is 5.56 Å². The highest BCUT2D eigenvalue weighted by Gasteiger charge is 2.13. The highest BCUT2D eigenvalue weighted by Crippen LogP contribution is 2.24. The van der Waals surface area contributed by atoms with E-state index in [1.165, 1.54) is 0 Å². The van der Waals surface area contributed by atoms with E-state index >= 15 is 0 Å². The van der Waals surface area contributed by atoms with E-state index in [1.807, 2.05) is 41.1 Å². The Morgan fingerprint density at radius 3 is 2.45 bits per heavy atom. The lowest BCUT2D eigenvalue weighted by molar-refractivity contribution is 0.0697. The van der Waals surface area contributed by atoms with Gasteiger partial charge in [-0.3, -0.25) is 0 Å². The maximum atomic E-state index is 11.5. The number of aromatic carboxylic acids is 1. The van der Waals surface area contributed by atoms with Gasteiger partial charge in [-0.05, 0) is 22.8 Å². The molecule has 0 saturated heterocycles. The summed E-state index contributed by atoms with van der Waals surface area (Å²) in [6.45, 7) is 0.610. The number of aromatic nitrogens is 3. The first-order chi connectivity index (χ1) is 14.1. The average molecular weight is 383 g/mol. The Bertz CT molecular complexity index is 1080. The van der Waals surface area contributed by atoms with Gasteiger partial charge in [-0.25, -0.2) is 14.5 Å². The van der Waals surface area contributed by atoms with E-state index in [0.717, 1.165) is 22.8 Å². The Hall–Kier alpha value is -3.83. The Kier molecular flexibility index (Phi) is 6.45. The third-order valence-corrected chi connectivity index (χ3v) is 4.54. The smallest absolute Gasteiger partial charge is 0.336 e. The summed E-state index contributed by atoms with van der Waals surface area (Å²) in [7, 11) is 0. The Balaban J connectivity index is 1.83. The number of nitrogens with zero attached hydrogens (tertiary/aromatic N) is 3. The van der Waals surface area contributed by atoms with Gasteiger partial charge in [0, 0.05) is 25.7 Å². The number of hydrogen-bond donors (Lipinski definition) is 1. The molecule has 3 aromatic rings. The van der Waals surface area contributed by atoms with E-state index in [9.17, 15) is 9.90 Å². The van der Waals surface area contributed by atoms with Gasteiger partial charge in [-0.2, -0.15) is 5.10 Å². The maximum absolute atomic E-state index is 11.5. The van der Waals surface area contributed by atoms with Gasteiger partial charge in [-0.15, -0.1) is 24.7 Å². The molecule has 1 aromatic heterocycles. The first-order valence-electron chi connectivity index (χ1n) is 9.33. The molecule has 0 saturated carbocycles. The Morgan fingerprint density at radius 2 is 1.76 bits per heavy atom. The van der Waals surface area contributed by atoms with Crippen LogP contribution in [0.15, 0.2) is 48.5 Å². The van der Waals surface area contributed by atoms with Gasteiger partial charge in [0.2, 0.25) is 0 Å². The zero-order chi connectivity index (χ0) is 20.6. The minimum absolute atomic E-state index is 0.285. The highest BCUT2D eigenvalue weighted by molar-refractivity contribution is 5.95. The van der Waals surface area contributed by atoms with Gasteiger partial charge in [0.05, 0.1) is 12.1 Å². The standard InChI is InChI=1S/C24H21N3O2/c1-3-5-11-22-25-23(27(26-22)16-6-4-2)17-18-12-14-19(15-13-18)20-9-7-8-10-21(20)24(28)29/h1-2,7-10,12-15H,5-6,11,16-17H2,(H,28,29). The molecule has 0 amide bonds. The molecular weight excluding hydrogens is 362 g/mol. The topological polar surface area (TPSA) is 68.0 Å². The summed E-state index contributed by atoms with van der Waals surface area (Å²) < 4.78 is 1.85. The number of carboxylic acids is 1. The summed E-state index contributed by atoms with van der Waals surface area (Å²) in [4.78, 5) is 16.1. The van der Waals surface area contributed by atoms with Crippen molar-refractivity contribution in [2.24, 2.45) is 0 Å². The van der Waals surface area contributed by atoms with Crippen molar-refractivity contribution in [3.8, 4) is 35.8 Å². The van der Waals surface area contributed by atoms with Crippen molar-refractivity contribution in [3.63, 3.8) is 0 Å². The van der Waals surface area contributed by atoms with Crippen LogP contribution in [0.4, 0.5) is 0 Å². The zero-order valence-electron chi connectivity index (χ0n) is 16.0. The lowest BCUT2D eigenvalue weighted by Gasteiger charge is -2.08. The van der Waals surface area contributed by atoms with Crippen LogP contribution in [0.5, 0.6) is 0 Å². The maximum Gasteiger partial charge on any atom is 0.336 e. The molecule has 0 atom stereocenters. The number of carboxylic acid groups (broad SMARTS) is 1. The van der Waals surface area contributed by atoms with E-state index in [0.29, 0.717) is 37.8 Å². The van der Waals surface area contributed by atoms with Gasteiger partial charge in [-0.1, -0.05) is 42.5 Å². The summed E-state index contributed by atoms with van der Waals surface area (Å²) in [5.74, 6) is 5.86. The molecule has 0 radical (unpaired) electrons. The molecule has 1 heterocycles. The van der Waals surface area contributed by atoms with Crippen molar-refractivity contribution >= 4 is 5.97 Å². The molecule has 0 unspecified atom stereocenters. The molecule has 29 heavy (non-hydrogen) atoms. The van der Waals surface area contributed by atoms with E-state index in [4.69, 9.17) is 12.8 Å². The molecule has 1 N–H and O–H groups in total. The minimum atomic E-state index is -0.939. The van der Waals surface area contributed by atoms with Crippen LogP contribution in [0.1, 0.15) is 40.4 Å².